The third-order valence-electron chi connectivity index (χ3n) is 3.93. The molecular formula is C19H18INO2. The standard InChI is InChI=1S/C19H18INO2/c1-22-12-6-2-3-7-14-10-11-16-15-8-4-5-9-17(15)19(21-23-20)18(16)13-14/h3-5,7-11,13H,2,6,12H2,1H3/b7-3+,21-19-. The molecule has 118 valence electrons. The predicted molar refractivity (Wildman–Crippen MR) is 103 cm³/mol. The molecule has 2 aromatic rings. The van der Waals surface area contributed by atoms with Gasteiger partial charge in [0.1, 0.15) is 5.71 Å². The van der Waals surface area contributed by atoms with Gasteiger partial charge in [-0.2, -0.15) is 0 Å². The number of allylic oxidation sites excluding steroid dienone is 1. The third kappa shape index (κ3) is 3.48. The summed E-state index contributed by atoms with van der Waals surface area (Å²) >= 11 is 1.81. The van der Waals surface area contributed by atoms with Gasteiger partial charge in [0.05, 0.1) is 0 Å². The number of methoxy groups -OCH3 is 1. The van der Waals surface area contributed by atoms with Crippen LogP contribution in [0.3, 0.4) is 0 Å². The Bertz CT molecular complexity index is 753. The largest absolute Gasteiger partial charge is 0.385 e. The molecule has 3 nitrogen and oxygen atoms in total. The van der Waals surface area contributed by atoms with Gasteiger partial charge in [0.2, 0.25) is 23.0 Å². The molecule has 0 heterocycles. The monoisotopic (exact) mass is 419 g/mol. The van der Waals surface area contributed by atoms with Crippen molar-refractivity contribution in [2.75, 3.05) is 13.7 Å². The van der Waals surface area contributed by atoms with Gasteiger partial charge < -0.3 is 7.90 Å². The minimum atomic E-state index is 0.799. The van der Waals surface area contributed by atoms with Crippen LogP contribution in [0.15, 0.2) is 53.7 Å². The lowest BCUT2D eigenvalue weighted by molar-refractivity contribution is 0.196. The molecule has 0 unspecified atom stereocenters. The van der Waals surface area contributed by atoms with Gasteiger partial charge in [-0.25, -0.2) is 0 Å². The molecule has 3 rings (SSSR count). The zero-order valence-corrected chi connectivity index (χ0v) is 15.1. The average Bonchev–Trinajstić information content (AvgIpc) is 2.89. The second-order valence-electron chi connectivity index (χ2n) is 5.40. The molecular weight excluding hydrogens is 401 g/mol. The molecule has 0 radical (unpaired) electrons. The molecule has 0 fully saturated rings. The van der Waals surface area contributed by atoms with E-state index < -0.39 is 0 Å². The zero-order valence-electron chi connectivity index (χ0n) is 13.0. The van der Waals surface area contributed by atoms with E-state index in [1.807, 2.05) is 6.07 Å². The summed E-state index contributed by atoms with van der Waals surface area (Å²) in [5.74, 6) is 0. The first-order valence-corrected chi connectivity index (χ1v) is 8.48. The van der Waals surface area contributed by atoms with Crippen LogP contribution in [0.1, 0.15) is 29.5 Å². The minimum Gasteiger partial charge on any atom is -0.385 e. The molecule has 1 aliphatic rings. The van der Waals surface area contributed by atoms with Crippen molar-refractivity contribution in [1.29, 1.82) is 0 Å². The maximum Gasteiger partial charge on any atom is 0.230 e. The molecule has 0 saturated carbocycles. The molecule has 0 aliphatic heterocycles. The van der Waals surface area contributed by atoms with Crippen LogP contribution in [0.2, 0.25) is 0 Å². The Labute approximate surface area is 150 Å². The fraction of sp³-hybridized carbons (Fsp3) is 0.211. The van der Waals surface area contributed by atoms with Crippen molar-refractivity contribution < 1.29 is 7.90 Å². The summed E-state index contributed by atoms with van der Waals surface area (Å²) in [5, 5.41) is 4.23. The summed E-state index contributed by atoms with van der Waals surface area (Å²) in [4.78, 5) is 0. The van der Waals surface area contributed by atoms with Gasteiger partial charge in [-0.1, -0.05) is 53.7 Å². The van der Waals surface area contributed by atoms with Crippen LogP contribution in [0.25, 0.3) is 17.2 Å². The summed E-state index contributed by atoms with van der Waals surface area (Å²) in [6.45, 7) is 0.799. The molecule has 23 heavy (non-hydrogen) atoms. The van der Waals surface area contributed by atoms with Gasteiger partial charge >= 0.3 is 0 Å². The second-order valence-corrected chi connectivity index (χ2v) is 5.79. The Kier molecular flexibility index (Phi) is 5.46. The number of fused-ring (bicyclic) bond motifs is 3. The molecule has 0 aromatic heterocycles. The van der Waals surface area contributed by atoms with Crippen LogP contribution < -0.4 is 0 Å². The summed E-state index contributed by atoms with van der Waals surface area (Å²) in [5.41, 5.74) is 6.76. The molecule has 0 bridgehead atoms. The van der Waals surface area contributed by atoms with E-state index in [0.29, 0.717) is 0 Å². The fourth-order valence-corrected chi connectivity index (χ4v) is 3.06. The number of hydrogen-bond donors (Lipinski definition) is 0. The lowest BCUT2D eigenvalue weighted by Crippen LogP contribution is -1.98. The highest BCUT2D eigenvalue weighted by atomic mass is 127. The minimum absolute atomic E-state index is 0.799. The Morgan fingerprint density at radius 2 is 1.83 bits per heavy atom. The molecule has 0 spiro atoms. The molecule has 4 heteroatoms. The Balaban J connectivity index is 1.90. The smallest absolute Gasteiger partial charge is 0.230 e. The first kappa shape index (κ1) is 16.2. The third-order valence-corrected chi connectivity index (χ3v) is 4.12. The van der Waals surface area contributed by atoms with Crippen molar-refractivity contribution in [3.63, 3.8) is 0 Å². The lowest BCUT2D eigenvalue weighted by Gasteiger charge is -2.02. The summed E-state index contributed by atoms with van der Waals surface area (Å²) in [6, 6.07) is 14.8. The van der Waals surface area contributed by atoms with E-state index in [2.05, 4.69) is 53.7 Å². The maximum absolute atomic E-state index is 5.07. The maximum atomic E-state index is 5.07. The van der Waals surface area contributed by atoms with Gasteiger partial charge in [0, 0.05) is 24.8 Å². The van der Waals surface area contributed by atoms with Gasteiger partial charge in [-0.15, -0.1) is 0 Å². The molecule has 0 atom stereocenters. The van der Waals surface area contributed by atoms with Gasteiger partial charge in [-0.3, -0.25) is 0 Å². The van der Waals surface area contributed by atoms with Gasteiger partial charge in [0.15, 0.2) is 0 Å². The van der Waals surface area contributed by atoms with Crippen molar-refractivity contribution >= 4 is 34.8 Å². The van der Waals surface area contributed by atoms with E-state index in [4.69, 9.17) is 7.90 Å². The predicted octanol–water partition coefficient (Wildman–Crippen LogP) is 5.23. The van der Waals surface area contributed by atoms with Crippen molar-refractivity contribution in [2.24, 2.45) is 5.16 Å². The molecule has 2 aromatic carbocycles. The number of ether oxygens (including phenoxy) is 1. The highest BCUT2D eigenvalue weighted by Crippen LogP contribution is 2.37. The van der Waals surface area contributed by atoms with Crippen molar-refractivity contribution in [3.8, 4) is 11.1 Å². The number of benzene rings is 2. The lowest BCUT2D eigenvalue weighted by atomic mass is 10.0. The van der Waals surface area contributed by atoms with E-state index in [9.17, 15) is 0 Å². The molecule has 1 aliphatic carbocycles. The summed E-state index contributed by atoms with van der Waals surface area (Å²) in [7, 11) is 1.73. The number of halogens is 1. The summed E-state index contributed by atoms with van der Waals surface area (Å²) in [6.07, 6.45) is 6.40. The van der Waals surface area contributed by atoms with Crippen LogP contribution in [0.4, 0.5) is 0 Å². The molecule has 0 N–H and O–H groups in total. The van der Waals surface area contributed by atoms with E-state index >= 15 is 0 Å². The number of nitrogens with zero attached hydrogens (tertiary/aromatic N) is 1. The SMILES string of the molecule is COCCC/C=C/c1ccc2c(c1)/C(=N\OI)c1ccccc1-2. The van der Waals surface area contributed by atoms with Crippen LogP contribution in [-0.4, -0.2) is 19.4 Å². The van der Waals surface area contributed by atoms with Crippen LogP contribution in [0.5, 0.6) is 0 Å². The number of unbranched alkanes of at least 4 members (excludes halogenated alkanes) is 1. The Morgan fingerprint density at radius 1 is 1.04 bits per heavy atom. The van der Waals surface area contributed by atoms with Crippen LogP contribution in [0, 0.1) is 0 Å². The van der Waals surface area contributed by atoms with E-state index in [1.165, 1.54) is 16.7 Å². The number of hydrogen-bond acceptors (Lipinski definition) is 3. The number of rotatable bonds is 6. The number of oxime groups is 1. The van der Waals surface area contributed by atoms with Crippen molar-refractivity contribution in [3.05, 3.63) is 65.2 Å². The summed E-state index contributed by atoms with van der Waals surface area (Å²) < 4.78 is 10.1. The van der Waals surface area contributed by atoms with Crippen molar-refractivity contribution in [2.45, 2.75) is 12.8 Å². The molecule has 0 saturated heterocycles. The zero-order chi connectivity index (χ0) is 16.1. The first-order valence-electron chi connectivity index (χ1n) is 7.60. The average molecular weight is 419 g/mol. The molecule has 0 amide bonds. The first-order chi connectivity index (χ1) is 11.3. The Morgan fingerprint density at radius 3 is 2.61 bits per heavy atom. The Hall–Kier alpha value is -1.66. The highest BCUT2D eigenvalue weighted by Gasteiger charge is 2.25. The normalized spacial score (nSPS) is 14.3. The fourth-order valence-electron chi connectivity index (χ4n) is 2.86. The topological polar surface area (TPSA) is 30.8 Å². The van der Waals surface area contributed by atoms with Gasteiger partial charge in [-0.05, 0) is 35.6 Å². The van der Waals surface area contributed by atoms with Gasteiger partial charge in [0.25, 0.3) is 0 Å². The van der Waals surface area contributed by atoms with Crippen molar-refractivity contribution in [1.82, 2.24) is 0 Å². The quantitative estimate of drug-likeness (QED) is 0.312. The van der Waals surface area contributed by atoms with E-state index in [1.54, 1.807) is 30.1 Å². The van der Waals surface area contributed by atoms with E-state index in [0.717, 1.165) is 36.3 Å². The van der Waals surface area contributed by atoms with Crippen LogP contribution in [-0.2, 0) is 7.90 Å². The highest BCUT2D eigenvalue weighted by molar-refractivity contribution is 14.1. The van der Waals surface area contributed by atoms with E-state index in [-0.39, 0.29) is 0 Å². The second kappa shape index (κ2) is 7.75. The van der Waals surface area contributed by atoms with Crippen LogP contribution >= 0.6 is 23.0 Å².